The Kier molecular flexibility index (Phi) is 2.73. The number of phenols is 1. The lowest BCUT2D eigenvalue weighted by molar-refractivity contribution is 0.481. The van der Waals surface area contributed by atoms with Gasteiger partial charge in [0.2, 0.25) is 0 Å². The molecule has 2 nitrogen and oxygen atoms in total. The molecule has 17 heavy (non-hydrogen) atoms. The van der Waals surface area contributed by atoms with Crippen LogP contribution in [0, 0.1) is 0 Å². The quantitative estimate of drug-likeness (QED) is 0.827. The lowest BCUT2D eigenvalue weighted by Crippen LogP contribution is -2.23. The van der Waals surface area contributed by atoms with E-state index in [0.717, 1.165) is 23.7 Å². The van der Waals surface area contributed by atoms with Crippen molar-refractivity contribution in [2.24, 2.45) is 0 Å². The Morgan fingerprint density at radius 1 is 1.18 bits per heavy atom. The second-order valence-electron chi connectivity index (χ2n) is 4.79. The molecule has 0 aromatic heterocycles. The van der Waals surface area contributed by atoms with Crippen molar-refractivity contribution in [2.75, 3.05) is 6.54 Å². The maximum Gasteiger partial charge on any atom is 0.123 e. The predicted molar refractivity (Wildman–Crippen MR) is 70.3 cm³/mol. The summed E-state index contributed by atoms with van der Waals surface area (Å²) in [5.74, 6) is 0.399. The summed E-state index contributed by atoms with van der Waals surface area (Å²) in [4.78, 5) is 0. The zero-order valence-electron chi connectivity index (χ0n) is 9.82. The van der Waals surface area contributed by atoms with Crippen LogP contribution in [0.25, 0.3) is 10.8 Å². The summed E-state index contributed by atoms with van der Waals surface area (Å²) in [5, 5.41) is 15.7. The third-order valence-electron chi connectivity index (χ3n) is 3.60. The number of benzene rings is 2. The summed E-state index contributed by atoms with van der Waals surface area (Å²) >= 11 is 0. The third-order valence-corrected chi connectivity index (χ3v) is 3.60. The highest BCUT2D eigenvalue weighted by molar-refractivity contribution is 5.91. The number of phenolic OH excluding ortho intramolecular Hbond substituents is 1. The molecule has 0 unspecified atom stereocenters. The summed E-state index contributed by atoms with van der Waals surface area (Å²) in [7, 11) is 0. The molecule has 0 amide bonds. The molecule has 0 radical (unpaired) electrons. The molecule has 0 aliphatic carbocycles. The van der Waals surface area contributed by atoms with Gasteiger partial charge in [-0.05, 0) is 42.8 Å². The van der Waals surface area contributed by atoms with Crippen molar-refractivity contribution in [1.29, 1.82) is 0 Å². The van der Waals surface area contributed by atoms with E-state index in [1.807, 2.05) is 6.07 Å². The largest absolute Gasteiger partial charge is 0.507 e. The Morgan fingerprint density at radius 2 is 2.00 bits per heavy atom. The first-order chi connectivity index (χ1) is 8.34. The minimum Gasteiger partial charge on any atom is -0.507 e. The van der Waals surface area contributed by atoms with Crippen LogP contribution in [0.3, 0.4) is 0 Å². The van der Waals surface area contributed by atoms with Crippen LogP contribution in [-0.2, 0) is 6.42 Å². The summed E-state index contributed by atoms with van der Waals surface area (Å²) in [6, 6.07) is 12.6. The van der Waals surface area contributed by atoms with Gasteiger partial charge in [0.1, 0.15) is 5.75 Å². The highest BCUT2D eigenvalue weighted by Gasteiger charge is 2.16. The van der Waals surface area contributed by atoms with E-state index in [0.29, 0.717) is 11.8 Å². The molecule has 3 rings (SSSR count). The third kappa shape index (κ3) is 2.01. The molecule has 1 aliphatic heterocycles. The average Bonchev–Trinajstić information content (AvgIpc) is 2.82. The van der Waals surface area contributed by atoms with Crippen molar-refractivity contribution in [3.05, 3.63) is 42.0 Å². The molecule has 2 N–H and O–H groups in total. The van der Waals surface area contributed by atoms with Gasteiger partial charge < -0.3 is 10.4 Å². The number of hydrogen-bond acceptors (Lipinski definition) is 2. The van der Waals surface area contributed by atoms with Crippen LogP contribution in [0.2, 0.25) is 0 Å². The maximum absolute atomic E-state index is 10.0. The smallest absolute Gasteiger partial charge is 0.123 e. The SMILES string of the molecule is Oc1cccc2cccc(C[C@H]3CCCN3)c12. The molecule has 0 saturated carbocycles. The van der Waals surface area contributed by atoms with Crippen molar-refractivity contribution in [2.45, 2.75) is 25.3 Å². The Hall–Kier alpha value is -1.54. The van der Waals surface area contributed by atoms with E-state index in [2.05, 4.69) is 29.6 Å². The summed E-state index contributed by atoms with van der Waals surface area (Å²) in [6.07, 6.45) is 3.51. The number of nitrogens with one attached hydrogen (secondary N) is 1. The number of hydrogen-bond donors (Lipinski definition) is 2. The molecule has 1 saturated heterocycles. The summed E-state index contributed by atoms with van der Waals surface area (Å²) < 4.78 is 0. The van der Waals surface area contributed by atoms with Crippen LogP contribution in [0.5, 0.6) is 5.75 Å². The van der Waals surface area contributed by atoms with E-state index in [1.54, 1.807) is 6.07 Å². The van der Waals surface area contributed by atoms with Gasteiger partial charge in [-0.25, -0.2) is 0 Å². The first kappa shape index (κ1) is 10.6. The first-order valence-corrected chi connectivity index (χ1v) is 6.27. The topological polar surface area (TPSA) is 32.3 Å². The molecule has 88 valence electrons. The van der Waals surface area contributed by atoms with Gasteiger partial charge in [0, 0.05) is 11.4 Å². The number of fused-ring (bicyclic) bond motifs is 1. The molecule has 2 heteroatoms. The first-order valence-electron chi connectivity index (χ1n) is 6.27. The van der Waals surface area contributed by atoms with E-state index < -0.39 is 0 Å². The highest BCUT2D eigenvalue weighted by Crippen LogP contribution is 2.29. The molecule has 2 aromatic carbocycles. The minimum absolute atomic E-state index is 0.399. The fraction of sp³-hybridized carbons (Fsp3) is 0.333. The van der Waals surface area contributed by atoms with Crippen LogP contribution >= 0.6 is 0 Å². The van der Waals surface area contributed by atoms with Crippen LogP contribution in [0.15, 0.2) is 36.4 Å². The maximum atomic E-state index is 10.0. The summed E-state index contributed by atoms with van der Waals surface area (Å²) in [6.45, 7) is 1.13. The van der Waals surface area contributed by atoms with Gasteiger partial charge in [-0.2, -0.15) is 0 Å². The van der Waals surface area contributed by atoms with Gasteiger partial charge in [-0.3, -0.25) is 0 Å². The second kappa shape index (κ2) is 4.38. The number of aromatic hydroxyl groups is 1. The van der Waals surface area contributed by atoms with Gasteiger partial charge in [-0.15, -0.1) is 0 Å². The van der Waals surface area contributed by atoms with Gasteiger partial charge >= 0.3 is 0 Å². The Balaban J connectivity index is 2.03. The molecule has 1 aliphatic rings. The zero-order chi connectivity index (χ0) is 11.7. The van der Waals surface area contributed by atoms with Crippen molar-refractivity contribution >= 4 is 10.8 Å². The van der Waals surface area contributed by atoms with Crippen molar-refractivity contribution in [3.8, 4) is 5.75 Å². The van der Waals surface area contributed by atoms with Gasteiger partial charge in [-0.1, -0.05) is 30.3 Å². The molecule has 0 bridgehead atoms. The van der Waals surface area contributed by atoms with Crippen LogP contribution in [0.4, 0.5) is 0 Å². The lowest BCUT2D eigenvalue weighted by atomic mass is 9.97. The summed E-state index contributed by atoms with van der Waals surface area (Å²) in [5.41, 5.74) is 1.25. The van der Waals surface area contributed by atoms with E-state index in [9.17, 15) is 5.11 Å². The Bertz CT molecular complexity index is 524. The minimum atomic E-state index is 0.399. The Labute approximate surface area is 101 Å². The molecule has 0 spiro atoms. The standard InChI is InChI=1S/C15H17NO/c17-14-8-2-5-11-4-1-6-12(15(11)14)10-13-7-3-9-16-13/h1-2,4-6,8,13,16-17H,3,7,9-10H2/t13-/m1/s1. The lowest BCUT2D eigenvalue weighted by Gasteiger charge is -2.13. The molecular formula is C15H17NO. The molecule has 2 aromatic rings. The van der Waals surface area contributed by atoms with E-state index in [4.69, 9.17) is 0 Å². The van der Waals surface area contributed by atoms with Crippen molar-refractivity contribution < 1.29 is 5.11 Å². The predicted octanol–water partition coefficient (Wildman–Crippen LogP) is 2.84. The van der Waals surface area contributed by atoms with E-state index in [-0.39, 0.29) is 0 Å². The van der Waals surface area contributed by atoms with E-state index >= 15 is 0 Å². The molecule has 1 fully saturated rings. The van der Waals surface area contributed by atoms with Gasteiger partial charge in [0.25, 0.3) is 0 Å². The fourth-order valence-electron chi connectivity index (χ4n) is 2.76. The van der Waals surface area contributed by atoms with Gasteiger partial charge in [0.15, 0.2) is 0 Å². The van der Waals surface area contributed by atoms with Crippen LogP contribution < -0.4 is 5.32 Å². The molecule has 1 heterocycles. The molecular weight excluding hydrogens is 210 g/mol. The van der Waals surface area contributed by atoms with Gasteiger partial charge in [0.05, 0.1) is 0 Å². The second-order valence-corrected chi connectivity index (χ2v) is 4.79. The zero-order valence-corrected chi connectivity index (χ0v) is 9.82. The average molecular weight is 227 g/mol. The normalized spacial score (nSPS) is 19.9. The fourth-order valence-corrected chi connectivity index (χ4v) is 2.76. The van der Waals surface area contributed by atoms with Crippen LogP contribution in [-0.4, -0.2) is 17.7 Å². The highest BCUT2D eigenvalue weighted by atomic mass is 16.3. The van der Waals surface area contributed by atoms with Crippen molar-refractivity contribution in [1.82, 2.24) is 5.32 Å². The van der Waals surface area contributed by atoms with E-state index in [1.165, 1.54) is 18.4 Å². The monoisotopic (exact) mass is 227 g/mol. The number of rotatable bonds is 2. The van der Waals surface area contributed by atoms with Crippen molar-refractivity contribution in [3.63, 3.8) is 0 Å². The Morgan fingerprint density at radius 3 is 2.76 bits per heavy atom. The van der Waals surface area contributed by atoms with Crippen LogP contribution in [0.1, 0.15) is 18.4 Å². The molecule has 1 atom stereocenters.